The van der Waals surface area contributed by atoms with E-state index in [4.69, 9.17) is 4.74 Å². The molecule has 0 amide bonds. The third-order valence-electron chi connectivity index (χ3n) is 3.88. The van der Waals surface area contributed by atoms with Gasteiger partial charge in [-0.15, -0.1) is 22.7 Å². The molecule has 2 heterocycles. The van der Waals surface area contributed by atoms with E-state index >= 15 is 0 Å². The number of para-hydroxylation sites is 2. The average Bonchev–Trinajstić information content (AvgIpc) is 3.30. The normalized spacial score (nSPS) is 13.9. The Hall–Kier alpha value is -0.420. The minimum absolute atomic E-state index is 0.213. The van der Waals surface area contributed by atoms with Crippen LogP contribution in [0.15, 0.2) is 57.2 Å². The van der Waals surface area contributed by atoms with Crippen LogP contribution in [0.5, 0.6) is 0 Å². The second-order valence-corrected chi connectivity index (χ2v) is 13.6. The van der Waals surface area contributed by atoms with Crippen LogP contribution >= 0.6 is 65.8 Å². The summed E-state index contributed by atoms with van der Waals surface area (Å²) in [6.45, 7) is 4.29. The monoisotopic (exact) mass is 496 g/mol. The molecule has 9 heteroatoms. The lowest BCUT2D eigenvalue weighted by Gasteiger charge is -2.17. The molecule has 4 rings (SSSR count). The van der Waals surface area contributed by atoms with Gasteiger partial charge in [0.2, 0.25) is 0 Å². The lowest BCUT2D eigenvalue weighted by Crippen LogP contribution is -2.20. The molecule has 0 bridgehead atoms. The summed E-state index contributed by atoms with van der Waals surface area (Å²) < 4.78 is 10.9. The molecule has 2 atom stereocenters. The van der Waals surface area contributed by atoms with Gasteiger partial charge in [0, 0.05) is 11.5 Å². The van der Waals surface area contributed by atoms with Crippen LogP contribution in [0, 0.1) is 0 Å². The molecule has 0 aliphatic carbocycles. The van der Waals surface area contributed by atoms with Crippen molar-refractivity contribution < 1.29 is 4.74 Å². The summed E-state index contributed by atoms with van der Waals surface area (Å²) in [7, 11) is 7.12. The second-order valence-electron chi connectivity index (χ2n) is 6.39. The Balaban J connectivity index is 1.15. The molecule has 0 spiro atoms. The van der Waals surface area contributed by atoms with Gasteiger partial charge < -0.3 is 4.74 Å². The van der Waals surface area contributed by atoms with E-state index in [0.717, 1.165) is 31.2 Å². The molecule has 3 nitrogen and oxygen atoms in total. The van der Waals surface area contributed by atoms with Gasteiger partial charge in [-0.3, -0.25) is 0 Å². The van der Waals surface area contributed by atoms with Crippen LogP contribution < -0.4 is 0 Å². The lowest BCUT2D eigenvalue weighted by molar-refractivity contribution is 0.0357. The smallest absolute Gasteiger partial charge is 0.161 e. The van der Waals surface area contributed by atoms with Crippen molar-refractivity contribution in [3.8, 4) is 0 Å². The minimum atomic E-state index is 0.213. The van der Waals surface area contributed by atoms with Crippen LogP contribution in [0.3, 0.4) is 0 Å². The molecule has 0 saturated heterocycles. The first kappa shape index (κ1) is 21.8. The van der Waals surface area contributed by atoms with Crippen molar-refractivity contribution in [3.05, 3.63) is 48.5 Å². The van der Waals surface area contributed by atoms with Gasteiger partial charge in [0.05, 0.1) is 32.6 Å². The van der Waals surface area contributed by atoms with Gasteiger partial charge in [-0.05, 0) is 59.7 Å². The van der Waals surface area contributed by atoms with E-state index in [0.29, 0.717) is 0 Å². The van der Waals surface area contributed by atoms with E-state index in [9.17, 15) is 0 Å². The molecule has 4 aromatic rings. The fraction of sp³-hybridized carbons (Fsp3) is 0.300. The molecule has 2 unspecified atom stereocenters. The van der Waals surface area contributed by atoms with E-state index < -0.39 is 0 Å². The maximum Gasteiger partial charge on any atom is 0.161 e. The Morgan fingerprint density at radius 3 is 1.66 bits per heavy atom. The molecule has 2 aromatic heterocycles. The quantitative estimate of drug-likeness (QED) is 0.207. The largest absolute Gasteiger partial charge is 0.374 e. The van der Waals surface area contributed by atoms with Gasteiger partial charge in [0.1, 0.15) is 0 Å². The van der Waals surface area contributed by atoms with E-state index in [1.54, 1.807) is 44.3 Å². The Bertz CT molecular complexity index is 915. The number of aromatic nitrogens is 2. The van der Waals surface area contributed by atoms with Crippen molar-refractivity contribution in [2.45, 2.75) is 34.7 Å². The van der Waals surface area contributed by atoms with Crippen molar-refractivity contribution >= 4 is 86.3 Å². The SMILES string of the molecule is CC(CSSc1nc2ccccc2s1)OC(C)CSSc1nc2ccccc2s1. The highest BCUT2D eigenvalue weighted by Crippen LogP contribution is 2.38. The molecule has 0 fully saturated rings. The molecular formula is C20H20N2OS6. The van der Waals surface area contributed by atoms with Crippen LogP contribution in [0.1, 0.15) is 13.8 Å². The maximum absolute atomic E-state index is 6.14. The van der Waals surface area contributed by atoms with Crippen molar-refractivity contribution in [3.63, 3.8) is 0 Å². The van der Waals surface area contributed by atoms with Gasteiger partial charge in [0.25, 0.3) is 0 Å². The van der Waals surface area contributed by atoms with E-state index in [1.165, 1.54) is 9.40 Å². The summed E-state index contributed by atoms with van der Waals surface area (Å²) in [5, 5.41) is 0. The number of fused-ring (bicyclic) bond motifs is 2. The van der Waals surface area contributed by atoms with E-state index in [-0.39, 0.29) is 12.2 Å². The van der Waals surface area contributed by atoms with E-state index in [2.05, 4.69) is 60.2 Å². The Morgan fingerprint density at radius 1 is 0.759 bits per heavy atom. The summed E-state index contributed by atoms with van der Waals surface area (Å²) in [5.41, 5.74) is 2.17. The van der Waals surface area contributed by atoms with Crippen molar-refractivity contribution in [1.82, 2.24) is 9.97 Å². The fourth-order valence-corrected chi connectivity index (χ4v) is 9.83. The molecule has 0 saturated carbocycles. The highest BCUT2D eigenvalue weighted by atomic mass is 33.1. The number of hydrogen-bond acceptors (Lipinski definition) is 9. The number of benzene rings is 2. The number of thiazole rings is 2. The predicted octanol–water partition coefficient (Wildman–Crippen LogP) is 7.88. The van der Waals surface area contributed by atoms with Gasteiger partial charge in [0.15, 0.2) is 8.68 Å². The van der Waals surface area contributed by atoms with Crippen LogP contribution in [-0.2, 0) is 4.74 Å². The highest BCUT2D eigenvalue weighted by Gasteiger charge is 2.12. The highest BCUT2D eigenvalue weighted by molar-refractivity contribution is 8.77. The zero-order valence-corrected chi connectivity index (χ0v) is 20.8. The van der Waals surface area contributed by atoms with Gasteiger partial charge >= 0.3 is 0 Å². The summed E-state index contributed by atoms with van der Waals surface area (Å²) >= 11 is 3.50. The van der Waals surface area contributed by atoms with Crippen LogP contribution in [0.4, 0.5) is 0 Å². The number of hydrogen-bond donors (Lipinski definition) is 0. The molecule has 0 radical (unpaired) electrons. The van der Waals surface area contributed by atoms with E-state index in [1.807, 2.05) is 33.7 Å². The summed E-state index contributed by atoms with van der Waals surface area (Å²) in [6, 6.07) is 16.6. The van der Waals surface area contributed by atoms with Gasteiger partial charge in [-0.2, -0.15) is 0 Å². The topological polar surface area (TPSA) is 35.0 Å². The van der Waals surface area contributed by atoms with Gasteiger partial charge in [-0.25, -0.2) is 9.97 Å². The predicted molar refractivity (Wildman–Crippen MR) is 136 cm³/mol. The molecule has 2 aromatic carbocycles. The number of rotatable bonds is 10. The zero-order valence-electron chi connectivity index (χ0n) is 15.9. The first-order valence-corrected chi connectivity index (χ1v) is 15.4. The summed E-state index contributed by atoms with van der Waals surface area (Å²) in [5.74, 6) is 1.89. The Morgan fingerprint density at radius 2 is 1.21 bits per heavy atom. The van der Waals surface area contributed by atoms with Crippen LogP contribution in [0.25, 0.3) is 20.4 Å². The molecular weight excluding hydrogens is 477 g/mol. The lowest BCUT2D eigenvalue weighted by atomic mass is 10.3. The zero-order chi connectivity index (χ0) is 20.1. The van der Waals surface area contributed by atoms with Crippen LogP contribution in [-0.4, -0.2) is 33.7 Å². The Labute approximate surface area is 194 Å². The van der Waals surface area contributed by atoms with Crippen LogP contribution in [0.2, 0.25) is 0 Å². The van der Waals surface area contributed by atoms with Gasteiger partial charge in [-0.1, -0.05) is 45.9 Å². The average molecular weight is 497 g/mol. The first-order chi connectivity index (χ1) is 14.2. The second kappa shape index (κ2) is 10.7. The molecule has 152 valence electrons. The van der Waals surface area contributed by atoms with Crippen molar-refractivity contribution in [1.29, 1.82) is 0 Å². The number of nitrogens with zero attached hydrogens (tertiary/aromatic N) is 2. The van der Waals surface area contributed by atoms with Crippen molar-refractivity contribution in [2.75, 3.05) is 11.5 Å². The maximum atomic E-state index is 6.14. The first-order valence-electron chi connectivity index (χ1n) is 9.13. The summed E-state index contributed by atoms with van der Waals surface area (Å²) in [6.07, 6.45) is 0.426. The molecule has 0 aliphatic heterocycles. The third-order valence-corrected chi connectivity index (χ3v) is 11.6. The molecule has 0 aliphatic rings. The number of ether oxygens (including phenoxy) is 1. The molecule has 0 N–H and O–H groups in total. The fourth-order valence-electron chi connectivity index (χ4n) is 2.61. The minimum Gasteiger partial charge on any atom is -0.374 e. The standard InChI is InChI=1S/C20H20N2OS6/c1-13(11-24-28-19-21-15-7-3-5-9-17(15)26-19)23-14(2)12-25-29-20-22-16-8-4-6-10-18(16)27-20/h3-10,13-14H,11-12H2,1-2H3. The molecule has 29 heavy (non-hydrogen) atoms. The Kier molecular flexibility index (Phi) is 8.08. The van der Waals surface area contributed by atoms with Crippen molar-refractivity contribution in [2.24, 2.45) is 0 Å². The summed E-state index contributed by atoms with van der Waals surface area (Å²) in [4.78, 5) is 9.33. The third kappa shape index (κ3) is 6.29.